The molecule has 144 valence electrons. The maximum Gasteiger partial charge on any atom is 0.264 e. The van der Waals surface area contributed by atoms with Crippen molar-refractivity contribution in [2.45, 2.75) is 4.90 Å². The molecule has 0 N–H and O–H groups in total. The van der Waals surface area contributed by atoms with Gasteiger partial charge in [0.1, 0.15) is 12.3 Å². The van der Waals surface area contributed by atoms with E-state index in [-0.39, 0.29) is 17.3 Å². The molecule has 2 aromatic carbocycles. The first kappa shape index (κ1) is 19.2. The molecule has 0 aliphatic carbocycles. The van der Waals surface area contributed by atoms with E-state index < -0.39 is 10.0 Å². The fourth-order valence-electron chi connectivity index (χ4n) is 2.89. The van der Waals surface area contributed by atoms with Gasteiger partial charge in [-0.25, -0.2) is 8.42 Å². The lowest BCUT2D eigenvalue weighted by molar-refractivity contribution is -0.133. The van der Waals surface area contributed by atoms with Gasteiger partial charge in [-0.2, -0.15) is 0 Å². The van der Waals surface area contributed by atoms with Gasteiger partial charge in [-0.3, -0.25) is 9.10 Å². The number of methoxy groups -OCH3 is 1. The smallest absolute Gasteiger partial charge is 0.264 e. The fraction of sp³-hybridized carbons (Fsp3) is 0.316. The van der Waals surface area contributed by atoms with Gasteiger partial charge in [0, 0.05) is 13.1 Å². The molecule has 0 aromatic heterocycles. The zero-order valence-corrected chi connectivity index (χ0v) is 15.9. The van der Waals surface area contributed by atoms with Crippen molar-refractivity contribution in [3.05, 3.63) is 54.6 Å². The van der Waals surface area contributed by atoms with Crippen LogP contribution in [0.1, 0.15) is 0 Å². The van der Waals surface area contributed by atoms with E-state index in [2.05, 4.69) is 0 Å². The Labute approximate surface area is 159 Å². The Balaban J connectivity index is 2.00. The number of hydrogen-bond donors (Lipinski definition) is 0. The summed E-state index contributed by atoms with van der Waals surface area (Å²) in [4.78, 5) is 14.5. The highest BCUT2D eigenvalue weighted by Gasteiger charge is 2.31. The van der Waals surface area contributed by atoms with Crippen molar-refractivity contribution in [1.82, 2.24) is 4.90 Å². The summed E-state index contributed by atoms with van der Waals surface area (Å²) in [7, 11) is -2.48. The van der Waals surface area contributed by atoms with Crippen LogP contribution in [0, 0.1) is 0 Å². The number of amides is 1. The maximum atomic E-state index is 13.3. The summed E-state index contributed by atoms with van der Waals surface area (Å²) in [5, 5.41) is 0. The zero-order chi connectivity index (χ0) is 19.3. The minimum atomic E-state index is -3.95. The predicted molar refractivity (Wildman–Crippen MR) is 101 cm³/mol. The lowest BCUT2D eigenvalue weighted by atomic mass is 10.3. The number of carbonyl (C=O) groups excluding carboxylic acids is 1. The Bertz CT molecular complexity index is 880. The molecule has 8 heteroatoms. The van der Waals surface area contributed by atoms with Gasteiger partial charge in [-0.05, 0) is 24.3 Å². The van der Waals surface area contributed by atoms with Crippen molar-refractivity contribution in [2.24, 2.45) is 0 Å². The number of rotatable bonds is 6. The second-order valence-corrected chi connectivity index (χ2v) is 7.85. The van der Waals surface area contributed by atoms with Crippen molar-refractivity contribution in [1.29, 1.82) is 0 Å². The first-order valence-corrected chi connectivity index (χ1v) is 10.0. The van der Waals surface area contributed by atoms with E-state index in [1.807, 2.05) is 0 Å². The van der Waals surface area contributed by atoms with Crippen molar-refractivity contribution in [3.8, 4) is 5.75 Å². The van der Waals surface area contributed by atoms with Gasteiger partial charge in [0.25, 0.3) is 10.0 Å². The van der Waals surface area contributed by atoms with Gasteiger partial charge >= 0.3 is 0 Å². The number of ether oxygens (including phenoxy) is 2. The normalized spacial score (nSPS) is 14.6. The molecule has 2 aromatic rings. The third kappa shape index (κ3) is 4.23. The van der Waals surface area contributed by atoms with Crippen LogP contribution in [0.5, 0.6) is 5.75 Å². The lowest BCUT2D eigenvalue weighted by Gasteiger charge is -2.31. The highest BCUT2D eigenvalue weighted by molar-refractivity contribution is 7.92. The molecule has 1 aliphatic heterocycles. The molecule has 1 aliphatic rings. The monoisotopic (exact) mass is 390 g/mol. The van der Waals surface area contributed by atoms with Crippen LogP contribution in [0.25, 0.3) is 0 Å². The molecule has 27 heavy (non-hydrogen) atoms. The van der Waals surface area contributed by atoms with Crippen LogP contribution < -0.4 is 9.04 Å². The number of carbonyl (C=O) groups is 1. The van der Waals surface area contributed by atoms with Crippen molar-refractivity contribution < 1.29 is 22.7 Å². The summed E-state index contributed by atoms with van der Waals surface area (Å²) < 4.78 is 38.3. The summed E-state index contributed by atoms with van der Waals surface area (Å²) in [5.74, 6) is 0.107. The van der Waals surface area contributed by atoms with Crippen molar-refractivity contribution in [2.75, 3.05) is 44.3 Å². The number of sulfonamides is 1. The molecule has 0 unspecified atom stereocenters. The van der Waals surface area contributed by atoms with E-state index in [9.17, 15) is 13.2 Å². The third-order valence-electron chi connectivity index (χ3n) is 4.33. The van der Waals surface area contributed by atoms with Gasteiger partial charge in [0.05, 0.1) is 30.9 Å². The molecule has 0 atom stereocenters. The summed E-state index contributed by atoms with van der Waals surface area (Å²) in [6, 6.07) is 14.8. The van der Waals surface area contributed by atoms with Gasteiger partial charge in [-0.1, -0.05) is 30.3 Å². The molecular weight excluding hydrogens is 368 g/mol. The Morgan fingerprint density at radius 3 is 2.37 bits per heavy atom. The molecule has 0 radical (unpaired) electrons. The standard InChI is InChI=1S/C19H22N2O5S/c1-25-18-10-6-5-9-17(18)21(15-19(22)20-11-13-26-14-12-20)27(23,24)16-7-3-2-4-8-16/h2-10H,11-15H2,1H3. The van der Waals surface area contributed by atoms with Crippen LogP contribution in [0.15, 0.2) is 59.5 Å². The number of para-hydroxylation sites is 2. The minimum absolute atomic E-state index is 0.116. The Morgan fingerprint density at radius 2 is 1.70 bits per heavy atom. The van der Waals surface area contributed by atoms with E-state index in [0.717, 1.165) is 4.31 Å². The maximum absolute atomic E-state index is 13.3. The quantitative estimate of drug-likeness (QED) is 0.751. The fourth-order valence-corrected chi connectivity index (χ4v) is 4.34. The SMILES string of the molecule is COc1ccccc1N(CC(=O)N1CCOCC1)S(=O)(=O)c1ccccc1. The first-order chi connectivity index (χ1) is 13.0. The molecule has 1 amide bonds. The van der Waals surface area contributed by atoms with E-state index in [1.165, 1.54) is 19.2 Å². The van der Waals surface area contributed by atoms with Crippen LogP contribution in [0.2, 0.25) is 0 Å². The third-order valence-corrected chi connectivity index (χ3v) is 6.10. The zero-order valence-electron chi connectivity index (χ0n) is 15.1. The highest BCUT2D eigenvalue weighted by atomic mass is 32.2. The van der Waals surface area contributed by atoms with Crippen LogP contribution in [0.3, 0.4) is 0 Å². The molecule has 1 saturated heterocycles. The van der Waals surface area contributed by atoms with Crippen LogP contribution >= 0.6 is 0 Å². The Kier molecular flexibility index (Phi) is 5.98. The number of hydrogen-bond acceptors (Lipinski definition) is 5. The Hall–Kier alpha value is -2.58. The second-order valence-electron chi connectivity index (χ2n) is 5.99. The number of benzene rings is 2. The Morgan fingerprint density at radius 1 is 1.07 bits per heavy atom. The van der Waals surface area contributed by atoms with Gasteiger partial charge in [-0.15, -0.1) is 0 Å². The van der Waals surface area contributed by atoms with Crippen LogP contribution in [-0.2, 0) is 19.6 Å². The van der Waals surface area contributed by atoms with Crippen LogP contribution in [-0.4, -0.2) is 59.2 Å². The molecular formula is C19H22N2O5S. The van der Waals surface area contributed by atoms with E-state index >= 15 is 0 Å². The van der Waals surface area contributed by atoms with Gasteiger partial charge in [0.2, 0.25) is 5.91 Å². The molecule has 0 bridgehead atoms. The van der Waals surface area contributed by atoms with Gasteiger partial charge < -0.3 is 14.4 Å². The largest absolute Gasteiger partial charge is 0.495 e. The highest BCUT2D eigenvalue weighted by Crippen LogP contribution is 2.32. The van der Waals surface area contributed by atoms with Crippen molar-refractivity contribution >= 4 is 21.6 Å². The van der Waals surface area contributed by atoms with E-state index in [1.54, 1.807) is 47.4 Å². The molecule has 3 rings (SSSR count). The van der Waals surface area contributed by atoms with E-state index in [0.29, 0.717) is 37.7 Å². The minimum Gasteiger partial charge on any atom is -0.495 e. The van der Waals surface area contributed by atoms with Gasteiger partial charge in [0.15, 0.2) is 0 Å². The summed E-state index contributed by atoms with van der Waals surface area (Å²) in [5.41, 5.74) is 0.325. The number of morpholine rings is 1. The summed E-state index contributed by atoms with van der Waals surface area (Å²) in [6.45, 7) is 1.49. The topological polar surface area (TPSA) is 76.2 Å². The molecule has 1 heterocycles. The summed E-state index contributed by atoms with van der Waals surface area (Å²) >= 11 is 0. The lowest BCUT2D eigenvalue weighted by Crippen LogP contribution is -2.47. The molecule has 0 spiro atoms. The average Bonchev–Trinajstić information content (AvgIpc) is 2.73. The molecule has 1 fully saturated rings. The first-order valence-electron chi connectivity index (χ1n) is 8.60. The van der Waals surface area contributed by atoms with Crippen molar-refractivity contribution in [3.63, 3.8) is 0 Å². The number of anilines is 1. The molecule has 0 saturated carbocycles. The number of nitrogens with zero attached hydrogens (tertiary/aromatic N) is 2. The predicted octanol–water partition coefficient (Wildman–Crippen LogP) is 1.75. The second kappa shape index (κ2) is 8.41. The summed E-state index contributed by atoms with van der Waals surface area (Å²) in [6.07, 6.45) is 0. The average molecular weight is 390 g/mol. The molecule has 7 nitrogen and oxygen atoms in total. The van der Waals surface area contributed by atoms with E-state index in [4.69, 9.17) is 9.47 Å². The van der Waals surface area contributed by atoms with Crippen LogP contribution in [0.4, 0.5) is 5.69 Å².